The third-order valence-corrected chi connectivity index (χ3v) is 6.51. The highest BCUT2D eigenvalue weighted by molar-refractivity contribution is 5.97. The molecule has 0 aliphatic carbocycles. The maximum Gasteiger partial charge on any atom is 0.162 e. The predicted molar refractivity (Wildman–Crippen MR) is 131 cm³/mol. The first kappa shape index (κ1) is 21.5. The summed E-state index contributed by atoms with van der Waals surface area (Å²) < 4.78 is 13.1. The molecule has 3 nitrogen and oxygen atoms in total. The number of hydrogen-bond acceptors (Lipinski definition) is 3. The molecule has 4 heteroatoms. The zero-order valence-electron chi connectivity index (χ0n) is 18.9. The van der Waals surface area contributed by atoms with Crippen LogP contribution in [-0.4, -0.2) is 28.8 Å². The molecule has 0 radical (unpaired) electrons. The number of halogens is 1. The summed E-state index contributed by atoms with van der Waals surface area (Å²) in [6.07, 6.45) is 2.16. The SMILES string of the molecule is Cc1ccc(-c2c3c(nc4ccccc24)CCN(CCCC(=O)c2ccc(F)cc2)C3)cc1. The van der Waals surface area contributed by atoms with Crippen LogP contribution in [0.3, 0.4) is 0 Å². The van der Waals surface area contributed by atoms with Crippen LogP contribution in [0.2, 0.25) is 0 Å². The number of Topliss-reactive ketones (excluding diaryl/α,β-unsaturated/α-hetero) is 1. The van der Waals surface area contributed by atoms with Gasteiger partial charge < -0.3 is 0 Å². The number of carbonyl (C=O) groups excluding carboxylic acids is 1. The van der Waals surface area contributed by atoms with Crippen molar-refractivity contribution >= 4 is 16.7 Å². The molecule has 0 amide bonds. The first-order chi connectivity index (χ1) is 16.1. The van der Waals surface area contributed by atoms with Gasteiger partial charge in [0.2, 0.25) is 0 Å². The number of benzene rings is 3. The number of nitrogens with zero attached hydrogens (tertiary/aromatic N) is 2. The molecule has 0 saturated carbocycles. The van der Waals surface area contributed by atoms with Gasteiger partial charge in [-0.25, -0.2) is 4.39 Å². The second-order valence-corrected chi connectivity index (χ2v) is 8.85. The molecule has 0 N–H and O–H groups in total. The Hall–Kier alpha value is -3.37. The van der Waals surface area contributed by atoms with Gasteiger partial charge in [0.05, 0.1) is 5.52 Å². The predicted octanol–water partition coefficient (Wildman–Crippen LogP) is 6.37. The maximum atomic E-state index is 13.1. The van der Waals surface area contributed by atoms with Crippen molar-refractivity contribution < 1.29 is 9.18 Å². The second-order valence-electron chi connectivity index (χ2n) is 8.85. The maximum absolute atomic E-state index is 13.1. The van der Waals surface area contributed by atoms with E-state index >= 15 is 0 Å². The largest absolute Gasteiger partial charge is 0.299 e. The highest BCUT2D eigenvalue weighted by Gasteiger charge is 2.23. The summed E-state index contributed by atoms with van der Waals surface area (Å²) in [5.41, 5.74) is 7.87. The van der Waals surface area contributed by atoms with Crippen molar-refractivity contribution in [2.24, 2.45) is 0 Å². The van der Waals surface area contributed by atoms with Crippen LogP contribution in [0.25, 0.3) is 22.0 Å². The quantitative estimate of drug-likeness (QED) is 0.328. The van der Waals surface area contributed by atoms with Gasteiger partial charge in [0, 0.05) is 42.6 Å². The third kappa shape index (κ3) is 4.57. The Morgan fingerprint density at radius 1 is 1.00 bits per heavy atom. The average Bonchev–Trinajstić information content (AvgIpc) is 2.83. The van der Waals surface area contributed by atoms with Crippen LogP contribution in [0, 0.1) is 12.7 Å². The van der Waals surface area contributed by atoms with E-state index < -0.39 is 0 Å². The van der Waals surface area contributed by atoms with E-state index in [1.165, 1.54) is 45.5 Å². The van der Waals surface area contributed by atoms with Crippen LogP contribution >= 0.6 is 0 Å². The Morgan fingerprint density at radius 2 is 1.76 bits per heavy atom. The summed E-state index contributed by atoms with van der Waals surface area (Å²) >= 11 is 0. The van der Waals surface area contributed by atoms with Crippen molar-refractivity contribution in [3.63, 3.8) is 0 Å². The minimum atomic E-state index is -0.316. The monoisotopic (exact) mass is 438 g/mol. The van der Waals surface area contributed by atoms with Gasteiger partial charge in [-0.2, -0.15) is 0 Å². The Kier molecular flexibility index (Phi) is 6.01. The van der Waals surface area contributed by atoms with Crippen molar-refractivity contribution in [2.75, 3.05) is 13.1 Å². The molecule has 0 saturated heterocycles. The molecule has 1 aliphatic heterocycles. The molecule has 1 aromatic heterocycles. The fraction of sp³-hybridized carbons (Fsp3) is 0.241. The number of ketones is 1. The Labute approximate surface area is 193 Å². The highest BCUT2D eigenvalue weighted by atomic mass is 19.1. The number of fused-ring (bicyclic) bond motifs is 2. The summed E-state index contributed by atoms with van der Waals surface area (Å²) in [6.45, 7) is 4.74. The van der Waals surface area contributed by atoms with Crippen LogP contribution in [-0.2, 0) is 13.0 Å². The van der Waals surface area contributed by atoms with Crippen molar-refractivity contribution in [3.8, 4) is 11.1 Å². The number of para-hydroxylation sites is 1. The Bertz CT molecular complexity index is 1300. The number of aryl methyl sites for hydroxylation is 1. The van der Waals surface area contributed by atoms with Crippen molar-refractivity contribution in [2.45, 2.75) is 32.7 Å². The van der Waals surface area contributed by atoms with Crippen LogP contribution in [0.1, 0.15) is 40.0 Å². The van der Waals surface area contributed by atoms with E-state index in [0.717, 1.165) is 38.0 Å². The van der Waals surface area contributed by atoms with Gasteiger partial charge in [-0.15, -0.1) is 0 Å². The summed E-state index contributed by atoms with van der Waals surface area (Å²) in [4.78, 5) is 19.9. The van der Waals surface area contributed by atoms with Crippen LogP contribution in [0.4, 0.5) is 4.39 Å². The molecule has 3 aromatic carbocycles. The zero-order chi connectivity index (χ0) is 22.8. The Morgan fingerprint density at radius 3 is 2.55 bits per heavy atom. The number of carbonyl (C=O) groups is 1. The highest BCUT2D eigenvalue weighted by Crippen LogP contribution is 2.36. The van der Waals surface area contributed by atoms with Gasteiger partial charge in [-0.05, 0) is 66.9 Å². The molecule has 0 fully saturated rings. The fourth-order valence-corrected chi connectivity index (χ4v) is 4.73. The topological polar surface area (TPSA) is 33.2 Å². The lowest BCUT2D eigenvalue weighted by molar-refractivity contribution is 0.0973. The van der Waals surface area contributed by atoms with Crippen LogP contribution in [0.5, 0.6) is 0 Å². The third-order valence-electron chi connectivity index (χ3n) is 6.51. The number of pyridine rings is 1. The molecular formula is C29H27FN2O. The second kappa shape index (κ2) is 9.24. The fourth-order valence-electron chi connectivity index (χ4n) is 4.73. The lowest BCUT2D eigenvalue weighted by Crippen LogP contribution is -2.32. The standard InChI is InChI=1S/C29H27FN2O/c1-20-8-10-22(11-9-20)29-24-5-2-3-6-26(24)31-27-16-18-32(19-25(27)29)17-4-7-28(33)21-12-14-23(30)15-13-21/h2-3,5-6,8-15H,4,7,16-19H2,1H3. The number of aromatic nitrogens is 1. The molecule has 0 spiro atoms. The van der Waals surface area contributed by atoms with Gasteiger partial charge >= 0.3 is 0 Å². The van der Waals surface area contributed by atoms with Crippen molar-refractivity contribution in [1.82, 2.24) is 9.88 Å². The van der Waals surface area contributed by atoms with E-state index in [1.54, 1.807) is 12.1 Å². The molecule has 0 unspecified atom stereocenters. The van der Waals surface area contributed by atoms with E-state index in [1.807, 2.05) is 6.07 Å². The minimum Gasteiger partial charge on any atom is -0.299 e. The van der Waals surface area contributed by atoms with Crippen molar-refractivity contribution in [1.29, 1.82) is 0 Å². The van der Waals surface area contributed by atoms with Gasteiger partial charge in [0.15, 0.2) is 5.78 Å². The van der Waals surface area contributed by atoms with E-state index in [9.17, 15) is 9.18 Å². The van der Waals surface area contributed by atoms with E-state index in [4.69, 9.17) is 4.98 Å². The molecule has 4 aromatic rings. The summed E-state index contributed by atoms with van der Waals surface area (Å²) in [7, 11) is 0. The van der Waals surface area contributed by atoms with Gasteiger partial charge in [-0.1, -0.05) is 48.0 Å². The molecule has 166 valence electrons. The van der Waals surface area contributed by atoms with Crippen molar-refractivity contribution in [3.05, 3.63) is 101 Å². The summed E-state index contributed by atoms with van der Waals surface area (Å²) in [6, 6.07) is 23.0. The lowest BCUT2D eigenvalue weighted by Gasteiger charge is -2.30. The molecule has 33 heavy (non-hydrogen) atoms. The average molecular weight is 439 g/mol. The first-order valence-corrected chi connectivity index (χ1v) is 11.6. The van der Waals surface area contributed by atoms with Gasteiger partial charge in [-0.3, -0.25) is 14.7 Å². The molecule has 2 heterocycles. The summed E-state index contributed by atoms with van der Waals surface area (Å²) in [5, 5.41) is 1.19. The lowest BCUT2D eigenvalue weighted by atomic mass is 9.90. The van der Waals surface area contributed by atoms with Gasteiger partial charge in [0.25, 0.3) is 0 Å². The van der Waals surface area contributed by atoms with E-state index in [0.29, 0.717) is 12.0 Å². The molecule has 1 aliphatic rings. The zero-order valence-corrected chi connectivity index (χ0v) is 18.9. The van der Waals surface area contributed by atoms with Crippen LogP contribution < -0.4 is 0 Å². The summed E-state index contributed by atoms with van der Waals surface area (Å²) in [5.74, 6) is -0.246. The number of hydrogen-bond donors (Lipinski definition) is 0. The van der Waals surface area contributed by atoms with Crippen LogP contribution in [0.15, 0.2) is 72.8 Å². The Balaban J connectivity index is 1.37. The molecule has 0 atom stereocenters. The molecular weight excluding hydrogens is 411 g/mol. The van der Waals surface area contributed by atoms with E-state index in [-0.39, 0.29) is 11.6 Å². The first-order valence-electron chi connectivity index (χ1n) is 11.6. The minimum absolute atomic E-state index is 0.0698. The molecule has 0 bridgehead atoms. The number of rotatable bonds is 6. The smallest absolute Gasteiger partial charge is 0.162 e. The van der Waals surface area contributed by atoms with Gasteiger partial charge in [0.1, 0.15) is 5.82 Å². The molecule has 5 rings (SSSR count). The van der Waals surface area contributed by atoms with E-state index in [2.05, 4.69) is 54.3 Å². The normalized spacial score (nSPS) is 13.8.